The molecule has 0 spiro atoms. The minimum atomic E-state index is -3.52. The van der Waals surface area contributed by atoms with Crippen molar-refractivity contribution >= 4 is 27.7 Å². The molecule has 24 heavy (non-hydrogen) atoms. The van der Waals surface area contributed by atoms with Crippen LogP contribution in [0.5, 0.6) is 5.75 Å². The summed E-state index contributed by atoms with van der Waals surface area (Å²) in [6, 6.07) is 2.73. The summed E-state index contributed by atoms with van der Waals surface area (Å²) in [6.45, 7) is 5.46. The van der Waals surface area contributed by atoms with Crippen LogP contribution in [0.1, 0.15) is 26.3 Å². The molecule has 8 nitrogen and oxygen atoms in total. The second-order valence-corrected chi connectivity index (χ2v) is 7.84. The quantitative estimate of drug-likeness (QED) is 0.643. The molecule has 0 radical (unpaired) electrons. The highest BCUT2D eigenvalue weighted by molar-refractivity contribution is 7.94. The van der Waals surface area contributed by atoms with E-state index in [4.69, 9.17) is 9.47 Å². The molecule has 0 bridgehead atoms. The van der Waals surface area contributed by atoms with Crippen molar-refractivity contribution in [3.05, 3.63) is 28.0 Å². The van der Waals surface area contributed by atoms with Gasteiger partial charge in [-0.15, -0.1) is 4.91 Å². The Hall–Kier alpha value is -2.42. The van der Waals surface area contributed by atoms with Gasteiger partial charge in [-0.3, -0.25) is 0 Å². The third kappa shape index (κ3) is 4.10. The molecule has 0 fully saturated rings. The Morgan fingerprint density at radius 1 is 1.29 bits per heavy atom. The third-order valence-corrected chi connectivity index (χ3v) is 4.44. The van der Waals surface area contributed by atoms with Crippen molar-refractivity contribution in [1.82, 2.24) is 5.32 Å². The van der Waals surface area contributed by atoms with Crippen molar-refractivity contribution in [1.29, 1.82) is 0 Å². The first-order valence-electron chi connectivity index (χ1n) is 7.17. The number of sulfone groups is 1. The van der Waals surface area contributed by atoms with E-state index in [1.165, 1.54) is 18.2 Å². The lowest BCUT2D eigenvalue weighted by Crippen LogP contribution is -2.34. The maximum atomic E-state index is 11.7. The molecule has 0 unspecified atom stereocenters. The lowest BCUT2D eigenvalue weighted by molar-refractivity contribution is 0.0520. The molecule has 1 aliphatic heterocycles. The fourth-order valence-electron chi connectivity index (χ4n) is 2.05. The van der Waals surface area contributed by atoms with E-state index in [1.54, 1.807) is 20.8 Å². The molecule has 1 N–H and O–H groups in total. The number of benzene rings is 1. The summed E-state index contributed by atoms with van der Waals surface area (Å²) in [7, 11) is -3.52. The smallest absolute Gasteiger partial charge is 0.407 e. The molecule has 2 rings (SSSR count). The predicted molar refractivity (Wildman–Crippen MR) is 87.8 cm³/mol. The van der Waals surface area contributed by atoms with E-state index in [0.29, 0.717) is 0 Å². The molecule has 1 amide bonds. The van der Waals surface area contributed by atoms with Gasteiger partial charge in [-0.1, -0.05) is 0 Å². The third-order valence-electron chi connectivity index (χ3n) is 2.98. The average molecular weight is 354 g/mol. The van der Waals surface area contributed by atoms with Crippen molar-refractivity contribution in [2.75, 3.05) is 13.2 Å². The van der Waals surface area contributed by atoms with Gasteiger partial charge in [0, 0.05) is 11.0 Å². The van der Waals surface area contributed by atoms with E-state index in [0.717, 1.165) is 5.41 Å². The van der Waals surface area contributed by atoms with Crippen LogP contribution in [0.4, 0.5) is 10.5 Å². The number of nitrogens with one attached hydrogen (secondary N) is 1. The first kappa shape index (κ1) is 17.9. The Labute approximate surface area is 139 Å². The van der Waals surface area contributed by atoms with E-state index in [-0.39, 0.29) is 35.0 Å². The largest absolute Gasteiger partial charge is 0.489 e. The number of nitrogens with zero attached hydrogens (tertiary/aromatic N) is 1. The summed E-state index contributed by atoms with van der Waals surface area (Å²) >= 11 is 0. The monoisotopic (exact) mass is 354 g/mol. The zero-order chi connectivity index (χ0) is 18.0. The summed E-state index contributed by atoms with van der Waals surface area (Å²) in [6.07, 6.45) is 0.732. The molecule has 0 saturated carbocycles. The van der Waals surface area contributed by atoms with Crippen LogP contribution < -0.4 is 10.1 Å². The van der Waals surface area contributed by atoms with Gasteiger partial charge in [-0.2, -0.15) is 0 Å². The molecule has 0 aliphatic carbocycles. The number of rotatable bonds is 5. The van der Waals surface area contributed by atoms with E-state index in [2.05, 4.69) is 10.5 Å². The normalized spacial score (nSPS) is 14.8. The summed E-state index contributed by atoms with van der Waals surface area (Å²) in [5.74, 6) is 0.150. The highest BCUT2D eigenvalue weighted by Gasteiger charge is 2.26. The first-order valence-corrected chi connectivity index (χ1v) is 8.72. The summed E-state index contributed by atoms with van der Waals surface area (Å²) < 4.78 is 34.0. The van der Waals surface area contributed by atoms with E-state index < -0.39 is 21.5 Å². The fraction of sp³-hybridized carbons (Fsp3) is 0.400. The average Bonchev–Trinajstić information content (AvgIpc) is 2.77. The van der Waals surface area contributed by atoms with Crippen LogP contribution in [-0.4, -0.2) is 33.3 Å². The topological polar surface area (TPSA) is 111 Å². The van der Waals surface area contributed by atoms with Gasteiger partial charge >= 0.3 is 6.09 Å². The lowest BCUT2D eigenvalue weighted by atomic mass is 10.1. The number of carbonyl (C=O) groups excluding carboxylic acids is 1. The van der Waals surface area contributed by atoms with Gasteiger partial charge in [0.2, 0.25) is 9.84 Å². The van der Waals surface area contributed by atoms with Crippen molar-refractivity contribution in [2.24, 2.45) is 5.18 Å². The molecule has 0 aromatic heterocycles. The molecule has 130 valence electrons. The SMILES string of the molecule is CC(C)(C)OC(=O)NCCOc1ccc2c(c1N=O)C=CS2(=O)=O. The number of hydrogen-bond acceptors (Lipinski definition) is 7. The Balaban J connectivity index is 1.99. The summed E-state index contributed by atoms with van der Waals surface area (Å²) in [5, 5.41) is 6.39. The van der Waals surface area contributed by atoms with Crippen molar-refractivity contribution in [2.45, 2.75) is 31.3 Å². The van der Waals surface area contributed by atoms with Crippen molar-refractivity contribution in [3.8, 4) is 5.75 Å². The zero-order valence-corrected chi connectivity index (χ0v) is 14.3. The molecule has 1 aliphatic rings. The number of fused-ring (bicyclic) bond motifs is 1. The Bertz CT molecular complexity index is 793. The minimum absolute atomic E-state index is 0.0244. The maximum Gasteiger partial charge on any atom is 0.407 e. The van der Waals surface area contributed by atoms with E-state index in [9.17, 15) is 18.1 Å². The van der Waals surface area contributed by atoms with Crippen LogP contribution >= 0.6 is 0 Å². The molecule has 1 aromatic rings. The van der Waals surface area contributed by atoms with E-state index >= 15 is 0 Å². The molecule has 1 heterocycles. The van der Waals surface area contributed by atoms with Crippen LogP contribution in [0, 0.1) is 4.91 Å². The predicted octanol–water partition coefficient (Wildman–Crippen LogP) is 2.75. The molecule has 0 atom stereocenters. The van der Waals surface area contributed by atoms with Gasteiger partial charge in [0.1, 0.15) is 18.0 Å². The highest BCUT2D eigenvalue weighted by atomic mass is 32.2. The van der Waals surface area contributed by atoms with Crippen LogP contribution in [0.3, 0.4) is 0 Å². The molecule has 1 aromatic carbocycles. The standard InChI is InChI=1S/C15H18N2O6S/c1-15(2,3)23-14(18)16-7-8-22-11-4-5-12-10(13(11)17-19)6-9-24(12,20)21/h4-6,9H,7-8H2,1-3H3,(H,16,18). The minimum Gasteiger partial charge on any atom is -0.489 e. The first-order chi connectivity index (χ1) is 11.1. The lowest BCUT2D eigenvalue weighted by Gasteiger charge is -2.19. The molecule has 9 heteroatoms. The van der Waals surface area contributed by atoms with E-state index in [1.807, 2.05) is 0 Å². The van der Waals surface area contributed by atoms with Gasteiger partial charge < -0.3 is 14.8 Å². The van der Waals surface area contributed by atoms with Gasteiger partial charge in [0.15, 0.2) is 5.69 Å². The van der Waals surface area contributed by atoms with Crippen LogP contribution in [0.2, 0.25) is 0 Å². The van der Waals surface area contributed by atoms with Gasteiger partial charge in [0.05, 0.1) is 11.4 Å². The van der Waals surface area contributed by atoms with Crippen molar-refractivity contribution < 1.29 is 22.7 Å². The van der Waals surface area contributed by atoms with Crippen LogP contribution in [-0.2, 0) is 14.6 Å². The molecular weight excluding hydrogens is 336 g/mol. The summed E-state index contributed by atoms with van der Waals surface area (Å²) in [4.78, 5) is 22.6. The fourth-order valence-corrected chi connectivity index (χ4v) is 3.24. The Kier molecular flexibility index (Phi) is 4.93. The molecular formula is C15H18N2O6S. The zero-order valence-electron chi connectivity index (χ0n) is 13.5. The Morgan fingerprint density at radius 2 is 2.00 bits per heavy atom. The second-order valence-electron chi connectivity index (χ2n) is 6.04. The number of alkyl carbamates (subject to hydrolysis) is 1. The number of ether oxygens (including phenoxy) is 2. The Morgan fingerprint density at radius 3 is 2.62 bits per heavy atom. The van der Waals surface area contributed by atoms with Crippen LogP contribution in [0.25, 0.3) is 6.08 Å². The second kappa shape index (κ2) is 6.60. The highest BCUT2D eigenvalue weighted by Crippen LogP contribution is 2.40. The van der Waals surface area contributed by atoms with Crippen LogP contribution in [0.15, 0.2) is 27.6 Å². The van der Waals surface area contributed by atoms with Gasteiger partial charge in [0.25, 0.3) is 0 Å². The van der Waals surface area contributed by atoms with Gasteiger partial charge in [-0.25, -0.2) is 13.2 Å². The summed E-state index contributed by atoms with van der Waals surface area (Å²) in [5.41, 5.74) is -0.470. The number of hydrogen-bond donors (Lipinski definition) is 1. The molecule has 0 saturated heterocycles. The number of nitroso groups, excluding NO2 is 1. The van der Waals surface area contributed by atoms with Crippen molar-refractivity contribution in [3.63, 3.8) is 0 Å². The maximum absolute atomic E-state index is 11.7. The number of carbonyl (C=O) groups is 1. The number of amides is 1. The van der Waals surface area contributed by atoms with Gasteiger partial charge in [-0.05, 0) is 44.2 Å².